The molecule has 1 aliphatic rings. The van der Waals surface area contributed by atoms with E-state index in [0.29, 0.717) is 12.1 Å². The summed E-state index contributed by atoms with van der Waals surface area (Å²) in [6.07, 6.45) is 2.33. The first-order chi connectivity index (χ1) is 8.09. The molecule has 2 rings (SSSR count). The number of nitrogens with one attached hydrogen (secondary N) is 1. The molecule has 1 aliphatic heterocycles. The summed E-state index contributed by atoms with van der Waals surface area (Å²) in [5.74, 6) is 0.0178. The Morgan fingerprint density at radius 1 is 1.59 bits per heavy atom. The molecule has 1 aromatic heterocycles. The molecule has 0 radical (unpaired) electrons. The largest absolute Gasteiger partial charge is 0.376 e. The number of hydrogen-bond donors (Lipinski definition) is 1. The normalized spacial score (nSPS) is 19.6. The predicted octanol–water partition coefficient (Wildman–Crippen LogP) is 1.28. The summed E-state index contributed by atoms with van der Waals surface area (Å²) in [6.45, 7) is 5.18. The maximum Gasteiger partial charge on any atom is 0.257 e. The van der Waals surface area contributed by atoms with Crippen molar-refractivity contribution in [3.05, 3.63) is 17.0 Å². The molecule has 17 heavy (non-hydrogen) atoms. The fourth-order valence-electron chi connectivity index (χ4n) is 2.23. The number of carbonyl (C=O) groups excluding carboxylic acids is 1. The van der Waals surface area contributed by atoms with Gasteiger partial charge in [0.25, 0.3) is 5.91 Å². The van der Waals surface area contributed by atoms with Gasteiger partial charge in [0, 0.05) is 25.9 Å². The smallest absolute Gasteiger partial charge is 0.257 e. The molecule has 2 heterocycles. The van der Waals surface area contributed by atoms with Crippen LogP contribution in [0.25, 0.3) is 0 Å². The van der Waals surface area contributed by atoms with Crippen molar-refractivity contribution in [2.75, 3.05) is 20.2 Å². The lowest BCUT2D eigenvalue weighted by Gasteiger charge is -2.20. The van der Waals surface area contributed by atoms with Gasteiger partial charge in [0.2, 0.25) is 0 Å². The molecular weight excluding hydrogens is 218 g/mol. The van der Waals surface area contributed by atoms with Gasteiger partial charge in [-0.2, -0.15) is 5.10 Å². The van der Waals surface area contributed by atoms with E-state index in [-0.39, 0.29) is 12.0 Å². The second kappa shape index (κ2) is 4.87. The van der Waals surface area contributed by atoms with Crippen LogP contribution >= 0.6 is 0 Å². The zero-order valence-corrected chi connectivity index (χ0v) is 10.6. The third kappa shape index (κ3) is 2.49. The maximum atomic E-state index is 12.2. The first-order valence-corrected chi connectivity index (χ1v) is 5.98. The number of aromatic nitrogens is 2. The van der Waals surface area contributed by atoms with Crippen molar-refractivity contribution in [1.29, 1.82) is 0 Å². The average Bonchev–Trinajstić information content (AvgIpc) is 2.89. The molecule has 0 aromatic carbocycles. The number of rotatable bonds is 3. The van der Waals surface area contributed by atoms with Crippen LogP contribution in [0, 0.1) is 13.8 Å². The zero-order chi connectivity index (χ0) is 12.4. The van der Waals surface area contributed by atoms with Crippen LogP contribution < -0.4 is 0 Å². The van der Waals surface area contributed by atoms with Gasteiger partial charge >= 0.3 is 0 Å². The predicted molar refractivity (Wildman–Crippen MR) is 64.0 cm³/mol. The second-order valence-corrected chi connectivity index (χ2v) is 4.63. The van der Waals surface area contributed by atoms with E-state index < -0.39 is 0 Å². The Kier molecular flexibility index (Phi) is 3.47. The number of H-pyrrole nitrogens is 1. The number of carbonyl (C=O) groups is 1. The molecule has 5 heteroatoms. The van der Waals surface area contributed by atoms with Crippen molar-refractivity contribution in [3.8, 4) is 0 Å². The van der Waals surface area contributed by atoms with Gasteiger partial charge in [-0.05, 0) is 26.7 Å². The number of aryl methyl sites for hydroxylation is 2. The summed E-state index contributed by atoms with van der Waals surface area (Å²) in [5.41, 5.74) is 2.27. The van der Waals surface area contributed by atoms with Crippen LogP contribution in [0.4, 0.5) is 0 Å². The molecule has 0 spiro atoms. The minimum atomic E-state index is 0.0178. The maximum absolute atomic E-state index is 12.2. The Labute approximate surface area is 101 Å². The molecule has 1 fully saturated rings. The summed E-state index contributed by atoms with van der Waals surface area (Å²) in [5, 5.41) is 6.89. The Hall–Kier alpha value is -1.36. The van der Waals surface area contributed by atoms with E-state index in [9.17, 15) is 4.79 Å². The molecular formula is C12H19N3O2. The van der Waals surface area contributed by atoms with Crippen LogP contribution in [-0.2, 0) is 4.74 Å². The fraction of sp³-hybridized carbons (Fsp3) is 0.667. The van der Waals surface area contributed by atoms with Crippen LogP contribution in [0.1, 0.15) is 34.6 Å². The SMILES string of the molecule is Cc1n[nH]c(C)c1C(=O)N(C)CC1CCCO1. The number of hydrogen-bond acceptors (Lipinski definition) is 3. The monoisotopic (exact) mass is 237 g/mol. The number of aromatic amines is 1. The van der Waals surface area contributed by atoms with Crippen LogP contribution in [0.15, 0.2) is 0 Å². The summed E-state index contributed by atoms with van der Waals surface area (Å²) in [6, 6.07) is 0. The van der Waals surface area contributed by atoms with Crippen LogP contribution in [0.3, 0.4) is 0 Å². The molecule has 94 valence electrons. The average molecular weight is 237 g/mol. The molecule has 1 amide bonds. The molecule has 1 aromatic rings. The molecule has 1 N–H and O–H groups in total. The van der Waals surface area contributed by atoms with Gasteiger partial charge in [-0.1, -0.05) is 0 Å². The summed E-state index contributed by atoms with van der Waals surface area (Å²) < 4.78 is 5.53. The lowest BCUT2D eigenvalue weighted by molar-refractivity contribution is 0.0586. The third-order valence-corrected chi connectivity index (χ3v) is 3.19. The lowest BCUT2D eigenvalue weighted by atomic mass is 10.1. The van der Waals surface area contributed by atoms with Crippen molar-refractivity contribution >= 4 is 5.91 Å². The van der Waals surface area contributed by atoms with Crippen LogP contribution in [0.2, 0.25) is 0 Å². The van der Waals surface area contributed by atoms with E-state index in [1.807, 2.05) is 20.9 Å². The van der Waals surface area contributed by atoms with E-state index in [4.69, 9.17) is 4.74 Å². The second-order valence-electron chi connectivity index (χ2n) is 4.63. The number of likely N-dealkylation sites (N-methyl/N-ethyl adjacent to an activating group) is 1. The minimum absolute atomic E-state index is 0.0178. The quantitative estimate of drug-likeness (QED) is 0.861. The third-order valence-electron chi connectivity index (χ3n) is 3.19. The van der Waals surface area contributed by atoms with E-state index in [0.717, 1.165) is 30.8 Å². The highest BCUT2D eigenvalue weighted by molar-refractivity contribution is 5.96. The summed E-state index contributed by atoms with van der Waals surface area (Å²) in [7, 11) is 1.82. The van der Waals surface area contributed by atoms with Gasteiger partial charge in [-0.25, -0.2) is 0 Å². The number of amides is 1. The van der Waals surface area contributed by atoms with Gasteiger partial charge in [0.15, 0.2) is 0 Å². The van der Waals surface area contributed by atoms with Crippen molar-refractivity contribution in [1.82, 2.24) is 15.1 Å². The zero-order valence-electron chi connectivity index (χ0n) is 10.6. The van der Waals surface area contributed by atoms with Crippen LogP contribution in [-0.4, -0.2) is 47.3 Å². The Bertz CT molecular complexity index is 388. The van der Waals surface area contributed by atoms with Gasteiger partial charge in [-0.3, -0.25) is 9.89 Å². The summed E-state index contributed by atoms with van der Waals surface area (Å²) >= 11 is 0. The number of nitrogens with zero attached hydrogens (tertiary/aromatic N) is 2. The highest BCUT2D eigenvalue weighted by Crippen LogP contribution is 2.16. The topological polar surface area (TPSA) is 58.2 Å². The summed E-state index contributed by atoms with van der Waals surface area (Å²) in [4.78, 5) is 14.0. The molecule has 1 saturated heterocycles. The van der Waals surface area contributed by atoms with Gasteiger partial charge in [0.1, 0.15) is 0 Å². The van der Waals surface area contributed by atoms with E-state index in [1.54, 1.807) is 4.90 Å². The van der Waals surface area contributed by atoms with Gasteiger partial charge < -0.3 is 9.64 Å². The molecule has 5 nitrogen and oxygen atoms in total. The van der Waals surface area contributed by atoms with E-state index in [1.165, 1.54) is 0 Å². The van der Waals surface area contributed by atoms with E-state index >= 15 is 0 Å². The molecule has 0 saturated carbocycles. The van der Waals surface area contributed by atoms with Crippen molar-refractivity contribution < 1.29 is 9.53 Å². The molecule has 0 bridgehead atoms. The first-order valence-electron chi connectivity index (χ1n) is 5.98. The van der Waals surface area contributed by atoms with Crippen molar-refractivity contribution in [2.45, 2.75) is 32.8 Å². The van der Waals surface area contributed by atoms with Gasteiger partial charge in [-0.15, -0.1) is 0 Å². The minimum Gasteiger partial charge on any atom is -0.376 e. The lowest BCUT2D eigenvalue weighted by Crippen LogP contribution is -2.34. The standard InChI is InChI=1S/C12H19N3O2/c1-8-11(9(2)14-13-8)12(16)15(3)7-10-5-4-6-17-10/h10H,4-7H2,1-3H3,(H,13,14). The van der Waals surface area contributed by atoms with Crippen molar-refractivity contribution in [2.24, 2.45) is 0 Å². The molecule has 1 atom stereocenters. The number of ether oxygens (including phenoxy) is 1. The van der Waals surface area contributed by atoms with Crippen LogP contribution in [0.5, 0.6) is 0 Å². The molecule has 1 unspecified atom stereocenters. The highest BCUT2D eigenvalue weighted by atomic mass is 16.5. The van der Waals surface area contributed by atoms with E-state index in [2.05, 4.69) is 10.2 Å². The fourth-order valence-corrected chi connectivity index (χ4v) is 2.23. The van der Waals surface area contributed by atoms with Gasteiger partial charge in [0.05, 0.1) is 17.4 Å². The Morgan fingerprint density at radius 2 is 2.35 bits per heavy atom. The van der Waals surface area contributed by atoms with Crippen molar-refractivity contribution in [3.63, 3.8) is 0 Å². The Morgan fingerprint density at radius 3 is 2.88 bits per heavy atom. The first kappa shape index (κ1) is 12.1. The highest BCUT2D eigenvalue weighted by Gasteiger charge is 2.23. The Balaban J connectivity index is 2.04. The molecule has 0 aliphatic carbocycles.